The third kappa shape index (κ3) is 3.43. The molecule has 1 aromatic carbocycles. The summed E-state index contributed by atoms with van der Waals surface area (Å²) in [4.78, 5) is 39.6. The van der Waals surface area contributed by atoms with Gasteiger partial charge in [0.2, 0.25) is 12.2 Å². The summed E-state index contributed by atoms with van der Waals surface area (Å²) >= 11 is 0. The number of hydrogen-bond acceptors (Lipinski definition) is 6. The normalized spacial score (nSPS) is 23.7. The Balaban J connectivity index is 1.71. The number of rotatable bonds is 4. The summed E-state index contributed by atoms with van der Waals surface area (Å²) in [5.74, 6) is 0.781. The lowest BCUT2D eigenvalue weighted by Gasteiger charge is -2.19. The van der Waals surface area contributed by atoms with Gasteiger partial charge in [-0.25, -0.2) is 14.4 Å². The number of carbonyl (C=O) groups is 1. The second-order valence-electron chi connectivity index (χ2n) is 5.49. The van der Waals surface area contributed by atoms with Gasteiger partial charge in [0.05, 0.1) is 11.4 Å². The molecule has 1 aromatic rings. The van der Waals surface area contributed by atoms with Crippen molar-refractivity contribution in [1.29, 1.82) is 0 Å². The van der Waals surface area contributed by atoms with Crippen molar-refractivity contribution in [2.75, 3.05) is 5.32 Å². The molecule has 3 rings (SSSR count). The molecule has 1 saturated carbocycles. The molecule has 0 spiro atoms. The smallest absolute Gasteiger partial charge is 0.411 e. The number of allylic oxidation sites excluding steroid dienone is 1. The zero-order valence-corrected chi connectivity index (χ0v) is 12.1. The monoisotopic (exact) mass is 311 g/mol. The van der Waals surface area contributed by atoms with E-state index in [4.69, 9.17) is 4.74 Å². The van der Waals surface area contributed by atoms with Crippen LogP contribution in [-0.4, -0.2) is 24.4 Å². The molecular formula is C16H13N3O4. The maximum absolute atomic E-state index is 12.0. The molecule has 0 saturated heterocycles. The number of benzene rings is 1. The van der Waals surface area contributed by atoms with E-state index in [2.05, 4.69) is 27.5 Å². The number of nitrogens with zero attached hydrogens (tertiary/aromatic N) is 2. The predicted molar refractivity (Wildman–Crippen MR) is 81.3 cm³/mol. The average Bonchev–Trinajstić information content (AvgIpc) is 3.10. The van der Waals surface area contributed by atoms with Gasteiger partial charge in [-0.2, -0.15) is 9.98 Å². The minimum atomic E-state index is -0.593. The molecule has 116 valence electrons. The molecule has 1 amide bonds. The highest BCUT2D eigenvalue weighted by Gasteiger charge is 2.38. The summed E-state index contributed by atoms with van der Waals surface area (Å²) in [6.07, 6.45) is 8.19. The summed E-state index contributed by atoms with van der Waals surface area (Å²) in [5.41, 5.74) is 0.753. The molecular weight excluding hydrogens is 298 g/mol. The largest absolute Gasteiger partial charge is 0.445 e. The Bertz CT molecular complexity index is 724. The minimum absolute atomic E-state index is 0.117. The van der Waals surface area contributed by atoms with Crippen LogP contribution in [-0.2, 0) is 14.3 Å². The molecule has 3 unspecified atom stereocenters. The first-order valence-electron chi connectivity index (χ1n) is 7.15. The van der Waals surface area contributed by atoms with Gasteiger partial charge in [0.25, 0.3) is 0 Å². The van der Waals surface area contributed by atoms with Crippen LogP contribution in [0.3, 0.4) is 0 Å². The van der Waals surface area contributed by atoms with Gasteiger partial charge in [0.1, 0.15) is 6.10 Å². The van der Waals surface area contributed by atoms with E-state index in [9.17, 15) is 14.4 Å². The van der Waals surface area contributed by atoms with Crippen LogP contribution in [0.5, 0.6) is 0 Å². The van der Waals surface area contributed by atoms with Crippen LogP contribution in [0.4, 0.5) is 21.9 Å². The molecule has 2 bridgehead atoms. The Labute approximate surface area is 131 Å². The minimum Gasteiger partial charge on any atom is -0.445 e. The van der Waals surface area contributed by atoms with Crippen molar-refractivity contribution in [3.8, 4) is 0 Å². The van der Waals surface area contributed by atoms with E-state index in [-0.39, 0.29) is 23.4 Å². The van der Waals surface area contributed by atoms with Crippen molar-refractivity contribution in [2.45, 2.75) is 18.9 Å². The van der Waals surface area contributed by atoms with Crippen LogP contribution >= 0.6 is 0 Å². The molecule has 0 aromatic heterocycles. The standard InChI is InChI=1S/C16H13N3O4/c20-8-17-12-5-13(18-9-21)7-14(6-12)19-16(22)23-15-4-10-1-2-11(15)3-10/h1-2,5-7,10-11,15H,3-4H2,(H,19,22). The van der Waals surface area contributed by atoms with Crippen LogP contribution < -0.4 is 5.32 Å². The zero-order chi connectivity index (χ0) is 16.2. The zero-order valence-electron chi connectivity index (χ0n) is 12.1. The molecule has 7 nitrogen and oxygen atoms in total. The van der Waals surface area contributed by atoms with Crippen LogP contribution in [0.15, 0.2) is 40.3 Å². The molecule has 2 aliphatic carbocycles. The van der Waals surface area contributed by atoms with E-state index in [1.54, 1.807) is 0 Å². The van der Waals surface area contributed by atoms with Gasteiger partial charge in [-0.15, -0.1) is 0 Å². The van der Waals surface area contributed by atoms with E-state index in [1.165, 1.54) is 30.4 Å². The van der Waals surface area contributed by atoms with Crippen molar-refractivity contribution in [3.05, 3.63) is 30.4 Å². The molecule has 0 aliphatic heterocycles. The van der Waals surface area contributed by atoms with Gasteiger partial charge < -0.3 is 4.74 Å². The van der Waals surface area contributed by atoms with E-state index in [0.717, 1.165) is 12.8 Å². The Morgan fingerprint density at radius 3 is 2.30 bits per heavy atom. The fourth-order valence-corrected chi connectivity index (χ4v) is 3.05. The lowest BCUT2D eigenvalue weighted by molar-refractivity contribution is 0.0957. The first-order chi connectivity index (χ1) is 11.2. The third-order valence-corrected chi connectivity index (χ3v) is 3.97. The lowest BCUT2D eigenvalue weighted by Crippen LogP contribution is -2.25. The van der Waals surface area contributed by atoms with Crippen molar-refractivity contribution in [1.82, 2.24) is 0 Å². The van der Waals surface area contributed by atoms with Gasteiger partial charge in [-0.05, 0) is 37.0 Å². The molecule has 7 heteroatoms. The molecule has 1 fully saturated rings. The highest BCUT2D eigenvalue weighted by atomic mass is 16.6. The number of amides is 1. The number of carbonyl (C=O) groups excluding carboxylic acids is 3. The summed E-state index contributed by atoms with van der Waals surface area (Å²) in [7, 11) is 0. The third-order valence-electron chi connectivity index (χ3n) is 3.97. The Morgan fingerprint density at radius 2 is 1.78 bits per heavy atom. The fourth-order valence-electron chi connectivity index (χ4n) is 3.05. The Hall–Kier alpha value is -3.01. The maximum atomic E-state index is 12.0. The molecule has 3 atom stereocenters. The quantitative estimate of drug-likeness (QED) is 0.524. The van der Waals surface area contributed by atoms with Crippen molar-refractivity contribution in [2.24, 2.45) is 21.8 Å². The van der Waals surface area contributed by atoms with E-state index < -0.39 is 6.09 Å². The second kappa shape index (κ2) is 6.40. The van der Waals surface area contributed by atoms with E-state index >= 15 is 0 Å². The summed E-state index contributed by atoms with van der Waals surface area (Å²) in [6, 6.07) is 4.31. The summed E-state index contributed by atoms with van der Waals surface area (Å²) in [6.45, 7) is 0. The average molecular weight is 311 g/mol. The summed E-state index contributed by atoms with van der Waals surface area (Å²) < 4.78 is 5.43. The molecule has 23 heavy (non-hydrogen) atoms. The predicted octanol–water partition coefficient (Wildman–Crippen LogP) is 3.13. The topological polar surface area (TPSA) is 97.2 Å². The highest BCUT2D eigenvalue weighted by Crippen LogP contribution is 2.40. The van der Waals surface area contributed by atoms with Crippen molar-refractivity contribution >= 4 is 35.3 Å². The fraction of sp³-hybridized carbons (Fsp3) is 0.312. The van der Waals surface area contributed by atoms with Crippen LogP contribution in [0, 0.1) is 11.8 Å². The van der Waals surface area contributed by atoms with Crippen LogP contribution in [0.1, 0.15) is 12.8 Å². The van der Waals surface area contributed by atoms with Crippen molar-refractivity contribution < 1.29 is 19.1 Å². The SMILES string of the molecule is O=C=Nc1cc(N=C=O)cc(NC(=O)OC2CC3C=CC2C3)c1. The van der Waals surface area contributed by atoms with Crippen LogP contribution in [0.25, 0.3) is 0 Å². The first kappa shape index (κ1) is 14.9. The molecule has 2 aliphatic rings. The number of aliphatic imine (C=N–C) groups is 2. The Morgan fingerprint density at radius 1 is 1.09 bits per heavy atom. The number of anilines is 1. The van der Waals surface area contributed by atoms with Gasteiger partial charge >= 0.3 is 6.09 Å². The van der Waals surface area contributed by atoms with Gasteiger partial charge in [0, 0.05) is 11.6 Å². The highest BCUT2D eigenvalue weighted by molar-refractivity contribution is 5.86. The Kier molecular flexibility index (Phi) is 4.15. The number of nitrogens with one attached hydrogen (secondary N) is 1. The number of ether oxygens (including phenoxy) is 1. The van der Waals surface area contributed by atoms with Gasteiger partial charge in [0.15, 0.2) is 0 Å². The van der Waals surface area contributed by atoms with E-state index in [1.807, 2.05) is 0 Å². The summed E-state index contributed by atoms with van der Waals surface area (Å²) in [5, 5.41) is 2.56. The van der Waals surface area contributed by atoms with Crippen molar-refractivity contribution in [3.63, 3.8) is 0 Å². The lowest BCUT2D eigenvalue weighted by atomic mass is 10.1. The number of hydrogen-bond donors (Lipinski definition) is 1. The number of isocyanates is 2. The molecule has 0 heterocycles. The van der Waals surface area contributed by atoms with Gasteiger partial charge in [-0.3, -0.25) is 5.32 Å². The second-order valence-corrected chi connectivity index (χ2v) is 5.49. The van der Waals surface area contributed by atoms with Gasteiger partial charge in [-0.1, -0.05) is 12.2 Å². The first-order valence-corrected chi connectivity index (χ1v) is 7.15. The van der Waals surface area contributed by atoms with E-state index in [0.29, 0.717) is 11.6 Å². The number of fused-ring (bicyclic) bond motifs is 2. The molecule has 1 N–H and O–H groups in total. The molecule has 0 radical (unpaired) electrons. The van der Waals surface area contributed by atoms with Crippen LogP contribution in [0.2, 0.25) is 0 Å². The maximum Gasteiger partial charge on any atom is 0.411 e.